The van der Waals surface area contributed by atoms with Crippen molar-refractivity contribution < 1.29 is 27.7 Å². The highest BCUT2D eigenvalue weighted by atomic mass is 19.3. The van der Waals surface area contributed by atoms with Crippen LogP contribution in [-0.2, 0) is 9.47 Å². The van der Waals surface area contributed by atoms with Gasteiger partial charge in [0.25, 0.3) is 0 Å². The molecule has 1 heterocycles. The fourth-order valence-corrected chi connectivity index (χ4v) is 2.03. The Kier molecular flexibility index (Phi) is 5.05. The van der Waals surface area contributed by atoms with Crippen molar-refractivity contribution in [2.45, 2.75) is 12.7 Å². The minimum absolute atomic E-state index is 0.139. The number of hydrogen-bond donors (Lipinski definition) is 0. The van der Waals surface area contributed by atoms with Gasteiger partial charge in [-0.1, -0.05) is 24.3 Å². The first-order valence-electron chi connectivity index (χ1n) is 7.18. The third-order valence-corrected chi connectivity index (χ3v) is 3.28. The molecule has 3 rings (SSSR count). The van der Waals surface area contributed by atoms with Crippen molar-refractivity contribution in [1.82, 2.24) is 0 Å². The second-order valence-electron chi connectivity index (χ2n) is 5.02. The molecule has 4 nitrogen and oxygen atoms in total. The molecule has 1 aliphatic heterocycles. The first-order chi connectivity index (χ1) is 11.2. The second-order valence-corrected chi connectivity index (χ2v) is 5.02. The van der Waals surface area contributed by atoms with Crippen LogP contribution in [0.1, 0.15) is 0 Å². The predicted octanol–water partition coefficient (Wildman–Crippen LogP) is 3.71. The van der Waals surface area contributed by atoms with E-state index in [2.05, 4.69) is 4.74 Å². The molecule has 1 unspecified atom stereocenters. The van der Waals surface area contributed by atoms with Crippen LogP contribution < -0.4 is 9.47 Å². The molecular formula is C17H16F2O4. The largest absolute Gasteiger partial charge is 0.468 e. The van der Waals surface area contributed by atoms with Crippen molar-refractivity contribution in [3.8, 4) is 22.6 Å². The lowest BCUT2D eigenvalue weighted by atomic mass is 10.1. The monoisotopic (exact) mass is 322 g/mol. The molecule has 2 aromatic rings. The van der Waals surface area contributed by atoms with Crippen molar-refractivity contribution in [3.63, 3.8) is 0 Å². The van der Waals surface area contributed by atoms with Crippen LogP contribution >= 0.6 is 0 Å². The highest BCUT2D eigenvalue weighted by Gasteiger charge is 2.22. The van der Waals surface area contributed by atoms with Crippen LogP contribution in [0.4, 0.5) is 8.78 Å². The first kappa shape index (κ1) is 15.7. The van der Waals surface area contributed by atoms with Crippen LogP contribution in [-0.4, -0.2) is 32.7 Å². The Balaban J connectivity index is 1.53. The summed E-state index contributed by atoms with van der Waals surface area (Å²) in [5.41, 5.74) is 1.86. The normalized spacial score (nSPS) is 16.4. The lowest BCUT2D eigenvalue weighted by Gasteiger charge is -2.08. The summed E-state index contributed by atoms with van der Waals surface area (Å²) in [4.78, 5) is 0. The van der Waals surface area contributed by atoms with Gasteiger partial charge in [-0.25, -0.2) is 0 Å². The van der Waals surface area contributed by atoms with E-state index in [9.17, 15) is 8.78 Å². The summed E-state index contributed by atoms with van der Waals surface area (Å²) in [6, 6.07) is 13.9. The summed E-state index contributed by atoms with van der Waals surface area (Å²) >= 11 is 0. The van der Waals surface area contributed by atoms with Crippen LogP contribution in [0.3, 0.4) is 0 Å². The maximum absolute atomic E-state index is 12.1. The molecule has 1 atom stereocenters. The summed E-state index contributed by atoms with van der Waals surface area (Å²) in [5, 5.41) is 0. The summed E-state index contributed by atoms with van der Waals surface area (Å²) in [7, 11) is 0. The number of halogens is 2. The maximum atomic E-state index is 12.1. The van der Waals surface area contributed by atoms with E-state index in [1.54, 1.807) is 12.1 Å². The topological polar surface area (TPSA) is 40.2 Å². The van der Waals surface area contributed by atoms with Gasteiger partial charge in [0.15, 0.2) is 6.79 Å². The summed E-state index contributed by atoms with van der Waals surface area (Å²) < 4.78 is 44.3. The van der Waals surface area contributed by atoms with Gasteiger partial charge in [-0.05, 0) is 35.4 Å². The van der Waals surface area contributed by atoms with E-state index >= 15 is 0 Å². The molecule has 0 aliphatic carbocycles. The molecule has 0 spiro atoms. The van der Waals surface area contributed by atoms with Gasteiger partial charge in [-0.2, -0.15) is 8.78 Å². The van der Waals surface area contributed by atoms with Gasteiger partial charge >= 0.3 is 6.61 Å². The summed E-state index contributed by atoms with van der Waals surface area (Å²) in [5.74, 6) is 0.837. The van der Waals surface area contributed by atoms with Gasteiger partial charge in [0.1, 0.15) is 17.6 Å². The molecule has 1 fully saturated rings. The van der Waals surface area contributed by atoms with Crippen molar-refractivity contribution >= 4 is 0 Å². The third-order valence-electron chi connectivity index (χ3n) is 3.28. The highest BCUT2D eigenvalue weighted by Crippen LogP contribution is 2.25. The molecule has 0 amide bonds. The summed E-state index contributed by atoms with van der Waals surface area (Å²) in [6.07, 6.45) is 0.220. The fraction of sp³-hybridized carbons (Fsp3) is 0.294. The van der Waals surface area contributed by atoms with E-state index in [1.807, 2.05) is 24.3 Å². The van der Waals surface area contributed by atoms with Crippen LogP contribution in [0.2, 0.25) is 0 Å². The molecule has 2 aromatic carbocycles. The predicted molar refractivity (Wildman–Crippen MR) is 79.7 cm³/mol. The molecule has 122 valence electrons. The quantitative estimate of drug-likeness (QED) is 0.422. The van der Waals surface area contributed by atoms with Gasteiger partial charge < -0.3 is 18.9 Å². The van der Waals surface area contributed by atoms with E-state index in [1.165, 1.54) is 12.1 Å². The minimum Gasteiger partial charge on any atom is -0.468 e. The standard InChI is InChI=1S/C17H16F2O4/c18-17(19)23-15-7-3-13(4-8-15)12-1-5-14(6-2-12)22-11-20-9-16-10-21-16/h1-8,16-17H,9-11H2. The molecule has 0 aromatic heterocycles. The molecule has 0 bridgehead atoms. The Morgan fingerprint density at radius 3 is 2.04 bits per heavy atom. The Labute approximate surface area is 132 Å². The molecule has 6 heteroatoms. The molecule has 1 saturated heterocycles. The van der Waals surface area contributed by atoms with E-state index in [-0.39, 0.29) is 18.6 Å². The fourth-order valence-electron chi connectivity index (χ4n) is 2.03. The summed E-state index contributed by atoms with van der Waals surface area (Å²) in [6.45, 7) is -1.33. The molecule has 23 heavy (non-hydrogen) atoms. The highest BCUT2D eigenvalue weighted by molar-refractivity contribution is 5.64. The molecule has 0 N–H and O–H groups in total. The van der Waals surface area contributed by atoms with Crippen LogP contribution in [0.15, 0.2) is 48.5 Å². The molecule has 0 radical (unpaired) electrons. The Morgan fingerprint density at radius 1 is 0.957 bits per heavy atom. The lowest BCUT2D eigenvalue weighted by Crippen LogP contribution is -2.07. The van der Waals surface area contributed by atoms with Gasteiger partial charge in [0.05, 0.1) is 13.2 Å². The molecule has 1 aliphatic rings. The molecular weight excluding hydrogens is 306 g/mol. The van der Waals surface area contributed by atoms with Crippen molar-refractivity contribution in [2.75, 3.05) is 20.0 Å². The zero-order valence-electron chi connectivity index (χ0n) is 12.3. The second kappa shape index (κ2) is 7.39. The number of rotatable bonds is 8. The third kappa shape index (κ3) is 4.91. The van der Waals surface area contributed by atoms with Gasteiger partial charge in [-0.3, -0.25) is 0 Å². The Bertz CT molecular complexity index is 609. The molecule has 0 saturated carbocycles. The Hall–Kier alpha value is -2.18. The van der Waals surface area contributed by atoms with Crippen LogP contribution in [0.25, 0.3) is 11.1 Å². The first-order valence-corrected chi connectivity index (χ1v) is 7.18. The number of epoxide rings is 1. The zero-order valence-corrected chi connectivity index (χ0v) is 12.3. The van der Waals surface area contributed by atoms with E-state index in [4.69, 9.17) is 14.2 Å². The average Bonchev–Trinajstić information content (AvgIpc) is 3.37. The van der Waals surface area contributed by atoms with Gasteiger partial charge in [0, 0.05) is 0 Å². The number of hydrogen-bond acceptors (Lipinski definition) is 4. The van der Waals surface area contributed by atoms with E-state index < -0.39 is 6.61 Å². The Morgan fingerprint density at radius 2 is 1.52 bits per heavy atom. The van der Waals surface area contributed by atoms with Gasteiger partial charge in [0.2, 0.25) is 0 Å². The van der Waals surface area contributed by atoms with E-state index in [0.717, 1.165) is 17.7 Å². The van der Waals surface area contributed by atoms with Crippen molar-refractivity contribution in [1.29, 1.82) is 0 Å². The SMILES string of the molecule is FC(F)Oc1ccc(-c2ccc(OCOCC3CO3)cc2)cc1. The van der Waals surface area contributed by atoms with E-state index in [0.29, 0.717) is 12.4 Å². The van der Waals surface area contributed by atoms with Crippen molar-refractivity contribution in [3.05, 3.63) is 48.5 Å². The van der Waals surface area contributed by atoms with Gasteiger partial charge in [-0.15, -0.1) is 0 Å². The lowest BCUT2D eigenvalue weighted by molar-refractivity contribution is -0.0498. The van der Waals surface area contributed by atoms with Crippen LogP contribution in [0, 0.1) is 0 Å². The smallest absolute Gasteiger partial charge is 0.387 e. The van der Waals surface area contributed by atoms with Crippen molar-refractivity contribution in [2.24, 2.45) is 0 Å². The minimum atomic E-state index is -2.81. The number of benzene rings is 2. The maximum Gasteiger partial charge on any atom is 0.387 e. The van der Waals surface area contributed by atoms with Crippen LogP contribution in [0.5, 0.6) is 11.5 Å². The average molecular weight is 322 g/mol. The number of alkyl halides is 2. The zero-order chi connectivity index (χ0) is 16.1. The number of ether oxygens (including phenoxy) is 4.